The topological polar surface area (TPSA) is 105 Å². The number of hydrogen-bond donors (Lipinski definition) is 3. The van der Waals surface area contributed by atoms with Crippen LogP contribution in [-0.4, -0.2) is 73.4 Å². The quantitative estimate of drug-likeness (QED) is 0.0247. The molecule has 0 fully saturated rings. The van der Waals surface area contributed by atoms with Gasteiger partial charge in [0.15, 0.2) is 0 Å². The number of likely N-dealkylation sites (N-methyl/N-ethyl adjacent to an activating group) is 1. The minimum absolute atomic E-state index is 0.0602. The Labute approximate surface area is 334 Å². The van der Waals surface area contributed by atoms with E-state index in [0.717, 1.165) is 38.5 Å². The zero-order chi connectivity index (χ0) is 40.0. The van der Waals surface area contributed by atoms with E-state index < -0.39 is 20.0 Å². The SMILES string of the molecule is CCC/C=C/C(O)C(COP(=O)(O)OCC[N+](C)(C)C)NC(=O)CCCCCCCCCCCCCCCCCCC/C=C\C/C=C\CCCCCCC. The van der Waals surface area contributed by atoms with Crippen LogP contribution >= 0.6 is 7.82 Å². The third kappa shape index (κ3) is 39.0. The molecule has 8 nitrogen and oxygen atoms in total. The van der Waals surface area contributed by atoms with Crippen LogP contribution in [0.3, 0.4) is 0 Å². The number of aliphatic hydroxyl groups is 1. The van der Waals surface area contributed by atoms with Gasteiger partial charge in [-0.3, -0.25) is 13.8 Å². The summed E-state index contributed by atoms with van der Waals surface area (Å²) in [5, 5.41) is 13.5. The van der Waals surface area contributed by atoms with Gasteiger partial charge in [0.2, 0.25) is 5.91 Å². The lowest BCUT2D eigenvalue weighted by Crippen LogP contribution is -2.45. The lowest BCUT2D eigenvalue weighted by molar-refractivity contribution is -0.870. The van der Waals surface area contributed by atoms with Crippen LogP contribution in [-0.2, 0) is 18.4 Å². The van der Waals surface area contributed by atoms with E-state index in [1.807, 2.05) is 34.1 Å². The molecule has 54 heavy (non-hydrogen) atoms. The van der Waals surface area contributed by atoms with Crippen LogP contribution in [0, 0.1) is 0 Å². The van der Waals surface area contributed by atoms with Gasteiger partial charge in [0.1, 0.15) is 13.2 Å². The van der Waals surface area contributed by atoms with Crippen LogP contribution in [0.25, 0.3) is 0 Å². The van der Waals surface area contributed by atoms with E-state index in [4.69, 9.17) is 9.05 Å². The van der Waals surface area contributed by atoms with E-state index in [-0.39, 0.29) is 19.1 Å². The molecule has 3 N–H and O–H groups in total. The van der Waals surface area contributed by atoms with E-state index in [1.165, 1.54) is 135 Å². The Bertz CT molecular complexity index is 980. The molecule has 0 aromatic carbocycles. The van der Waals surface area contributed by atoms with Gasteiger partial charge in [-0.2, -0.15) is 0 Å². The summed E-state index contributed by atoms with van der Waals surface area (Å²) in [7, 11) is 1.56. The molecule has 0 spiro atoms. The minimum Gasteiger partial charge on any atom is -0.387 e. The zero-order valence-electron chi connectivity index (χ0n) is 36.0. The van der Waals surface area contributed by atoms with Crippen LogP contribution in [0.1, 0.15) is 194 Å². The molecule has 0 aliphatic heterocycles. The number of carbonyl (C=O) groups excluding carboxylic acids is 1. The predicted molar refractivity (Wildman–Crippen MR) is 231 cm³/mol. The van der Waals surface area contributed by atoms with Crippen molar-refractivity contribution < 1.29 is 32.9 Å². The van der Waals surface area contributed by atoms with Gasteiger partial charge in [0, 0.05) is 6.42 Å². The Morgan fingerprint density at radius 1 is 0.630 bits per heavy atom. The molecule has 0 aromatic heterocycles. The van der Waals surface area contributed by atoms with Gasteiger partial charge in [-0.25, -0.2) is 4.57 Å². The summed E-state index contributed by atoms with van der Waals surface area (Å²) in [5.74, 6) is -0.189. The molecule has 0 radical (unpaired) electrons. The minimum atomic E-state index is -4.31. The van der Waals surface area contributed by atoms with E-state index in [2.05, 4.69) is 36.5 Å². The van der Waals surface area contributed by atoms with E-state index in [9.17, 15) is 19.4 Å². The smallest absolute Gasteiger partial charge is 0.387 e. The molecule has 0 aliphatic rings. The number of unbranched alkanes of at least 4 members (excludes halogenated alkanes) is 23. The van der Waals surface area contributed by atoms with Crippen molar-refractivity contribution in [2.45, 2.75) is 206 Å². The van der Waals surface area contributed by atoms with Gasteiger partial charge in [-0.05, 0) is 44.9 Å². The fraction of sp³-hybridized carbons (Fsp3) is 0.844. The van der Waals surface area contributed by atoms with Crippen molar-refractivity contribution in [3.8, 4) is 0 Å². The predicted octanol–water partition coefficient (Wildman–Crippen LogP) is 12.3. The Morgan fingerprint density at radius 2 is 1.09 bits per heavy atom. The highest BCUT2D eigenvalue weighted by molar-refractivity contribution is 7.47. The first-order valence-electron chi connectivity index (χ1n) is 22.4. The average Bonchev–Trinajstić information content (AvgIpc) is 3.12. The summed E-state index contributed by atoms with van der Waals surface area (Å²) < 4.78 is 23.2. The Kier molecular flexibility index (Phi) is 36.4. The number of nitrogens with one attached hydrogen (secondary N) is 1. The fourth-order valence-corrected chi connectivity index (χ4v) is 6.99. The highest BCUT2D eigenvalue weighted by atomic mass is 31.2. The monoisotopic (exact) mass is 784 g/mol. The molecule has 3 atom stereocenters. The number of allylic oxidation sites excluding steroid dienone is 5. The standard InChI is InChI=1S/C45H87N2O6P/c1-6-8-10-11-12-13-14-15-16-17-18-19-20-21-22-23-24-25-26-27-28-29-30-31-32-33-34-35-37-39-45(49)46-43(44(48)38-36-9-7-2)42-53-54(50,51)52-41-40-47(3,4)5/h14-15,17-18,36,38,43-44,48H,6-13,16,19-35,37,39-42H2,1-5H3,(H-,46,49,50,51)/p+1/b15-14-,18-17-,38-36+. The van der Waals surface area contributed by atoms with Crippen molar-refractivity contribution in [2.24, 2.45) is 0 Å². The number of aliphatic hydroxyl groups excluding tert-OH is 1. The molecule has 0 aromatic rings. The lowest BCUT2D eigenvalue weighted by Gasteiger charge is -2.25. The number of rotatable bonds is 40. The second kappa shape index (κ2) is 37.3. The maximum absolute atomic E-state index is 12.7. The summed E-state index contributed by atoms with van der Waals surface area (Å²) in [5.41, 5.74) is 0. The van der Waals surface area contributed by atoms with Crippen molar-refractivity contribution in [1.29, 1.82) is 0 Å². The van der Waals surface area contributed by atoms with Crippen molar-refractivity contribution in [2.75, 3.05) is 40.9 Å². The number of phosphoric ester groups is 1. The second-order valence-electron chi connectivity index (χ2n) is 16.4. The highest BCUT2D eigenvalue weighted by Gasteiger charge is 2.27. The molecule has 0 saturated carbocycles. The van der Waals surface area contributed by atoms with Crippen molar-refractivity contribution in [3.05, 3.63) is 36.5 Å². The third-order valence-electron chi connectivity index (χ3n) is 9.84. The Balaban J connectivity index is 3.79. The second-order valence-corrected chi connectivity index (χ2v) is 17.9. The zero-order valence-corrected chi connectivity index (χ0v) is 36.9. The molecule has 1 amide bonds. The molecular weight excluding hydrogens is 695 g/mol. The molecule has 0 bridgehead atoms. The summed E-state index contributed by atoms with van der Waals surface area (Å²) in [4.78, 5) is 22.8. The normalized spacial score (nSPS) is 14.7. The number of carbonyl (C=O) groups is 1. The van der Waals surface area contributed by atoms with Gasteiger partial charge in [0.25, 0.3) is 0 Å². The first-order valence-corrected chi connectivity index (χ1v) is 23.9. The first kappa shape index (κ1) is 52.7. The van der Waals surface area contributed by atoms with Gasteiger partial charge < -0.3 is 19.8 Å². The third-order valence-corrected chi connectivity index (χ3v) is 10.8. The number of phosphoric acid groups is 1. The van der Waals surface area contributed by atoms with Gasteiger partial charge in [-0.1, -0.05) is 179 Å². The van der Waals surface area contributed by atoms with Gasteiger partial charge in [-0.15, -0.1) is 0 Å². The fourth-order valence-electron chi connectivity index (χ4n) is 6.25. The van der Waals surface area contributed by atoms with Crippen molar-refractivity contribution in [3.63, 3.8) is 0 Å². The van der Waals surface area contributed by atoms with E-state index in [0.29, 0.717) is 17.4 Å². The molecule has 0 heterocycles. The largest absolute Gasteiger partial charge is 0.472 e. The summed E-state index contributed by atoms with van der Waals surface area (Å²) >= 11 is 0. The maximum Gasteiger partial charge on any atom is 0.472 e. The molecule has 0 saturated heterocycles. The number of quaternary nitrogens is 1. The Hall–Kier alpha value is -1.28. The number of hydrogen-bond acceptors (Lipinski definition) is 5. The van der Waals surface area contributed by atoms with Gasteiger partial charge in [0.05, 0.1) is 39.9 Å². The first-order chi connectivity index (χ1) is 26.0. The number of amides is 1. The highest BCUT2D eigenvalue weighted by Crippen LogP contribution is 2.43. The van der Waals surface area contributed by atoms with Crippen molar-refractivity contribution >= 4 is 13.7 Å². The molecule has 318 valence electrons. The van der Waals surface area contributed by atoms with Crippen LogP contribution in [0.5, 0.6) is 0 Å². The van der Waals surface area contributed by atoms with Crippen LogP contribution in [0.15, 0.2) is 36.5 Å². The Morgan fingerprint density at radius 3 is 1.56 bits per heavy atom. The average molecular weight is 784 g/mol. The summed E-state index contributed by atoms with van der Waals surface area (Å²) in [6.45, 7) is 4.59. The summed E-state index contributed by atoms with van der Waals surface area (Å²) in [6.07, 6.45) is 46.1. The molecule has 9 heteroatoms. The summed E-state index contributed by atoms with van der Waals surface area (Å²) in [6, 6.07) is -0.840. The molecular formula is C45H88N2O6P+. The lowest BCUT2D eigenvalue weighted by atomic mass is 10.0. The van der Waals surface area contributed by atoms with Crippen molar-refractivity contribution in [1.82, 2.24) is 5.32 Å². The van der Waals surface area contributed by atoms with E-state index in [1.54, 1.807) is 6.08 Å². The maximum atomic E-state index is 12.7. The van der Waals surface area contributed by atoms with Gasteiger partial charge >= 0.3 is 7.82 Å². The number of nitrogens with zero attached hydrogens (tertiary/aromatic N) is 1. The van der Waals surface area contributed by atoms with Crippen LogP contribution < -0.4 is 5.32 Å². The molecule has 0 aliphatic carbocycles. The van der Waals surface area contributed by atoms with Crippen LogP contribution in [0.2, 0.25) is 0 Å². The molecule has 3 unspecified atom stereocenters. The van der Waals surface area contributed by atoms with E-state index >= 15 is 0 Å². The van der Waals surface area contributed by atoms with Crippen LogP contribution in [0.4, 0.5) is 0 Å². The molecule has 0 rings (SSSR count).